The summed E-state index contributed by atoms with van der Waals surface area (Å²) < 4.78 is 1.22. The van der Waals surface area contributed by atoms with Gasteiger partial charge in [-0.1, -0.05) is 0 Å². The molecule has 0 spiro atoms. The van der Waals surface area contributed by atoms with Crippen molar-refractivity contribution in [3.63, 3.8) is 0 Å². The summed E-state index contributed by atoms with van der Waals surface area (Å²) in [5.41, 5.74) is 6.31. The van der Waals surface area contributed by atoms with Crippen LogP contribution in [0.25, 0.3) is 0 Å². The molecule has 0 bridgehead atoms. The fraction of sp³-hybridized carbons (Fsp3) is 0.286. The van der Waals surface area contributed by atoms with Gasteiger partial charge in [0.1, 0.15) is 0 Å². The summed E-state index contributed by atoms with van der Waals surface area (Å²) in [7, 11) is 0. The Morgan fingerprint density at radius 3 is 2.58 bits per heavy atom. The van der Waals surface area contributed by atoms with Crippen LogP contribution in [0.2, 0.25) is 0 Å². The van der Waals surface area contributed by atoms with Gasteiger partial charge in [-0.2, -0.15) is 5.10 Å². The predicted octanol–water partition coefficient (Wildman–Crippen LogP) is 0.136. The zero-order valence-electron chi connectivity index (χ0n) is 6.96. The van der Waals surface area contributed by atoms with Gasteiger partial charge in [0.2, 0.25) is 5.96 Å². The largest absolute Gasteiger partial charge is 0.368 e. The van der Waals surface area contributed by atoms with Crippen LogP contribution in [-0.4, -0.2) is 21.5 Å². The molecule has 0 unspecified atom stereocenters. The smallest absolute Gasteiger partial charge is 0.213 e. The maximum absolute atomic E-state index is 10.9. The molecule has 1 rings (SSSR count). The molecule has 0 radical (unpaired) electrons. The van der Waals surface area contributed by atoms with E-state index in [1.165, 1.54) is 17.8 Å². The summed E-state index contributed by atoms with van der Waals surface area (Å²) in [5, 5.41) is 10.9. The zero-order valence-corrected chi connectivity index (χ0v) is 6.96. The van der Waals surface area contributed by atoms with Crippen LogP contribution in [0.3, 0.4) is 0 Å². The molecular formula is C7H10N4O. The minimum absolute atomic E-state index is 0.0694. The summed E-state index contributed by atoms with van der Waals surface area (Å²) in [5.74, 6) is -0.250. The third-order valence-electron chi connectivity index (χ3n) is 1.62. The van der Waals surface area contributed by atoms with Crippen molar-refractivity contribution in [1.82, 2.24) is 9.78 Å². The van der Waals surface area contributed by atoms with Crippen LogP contribution >= 0.6 is 0 Å². The molecule has 3 N–H and O–H groups in total. The lowest BCUT2D eigenvalue weighted by Crippen LogP contribution is -2.23. The number of Topliss-reactive ketones (excluding diaryl/α,β-unsaturated/α-hetero) is 1. The molecule has 1 aromatic rings. The predicted molar refractivity (Wildman–Crippen MR) is 44.3 cm³/mol. The molecule has 1 heterocycles. The topological polar surface area (TPSA) is 84.8 Å². The molecule has 0 saturated carbocycles. The van der Waals surface area contributed by atoms with Crippen LogP contribution in [-0.2, 0) is 0 Å². The average molecular weight is 166 g/mol. The minimum atomic E-state index is -0.181. The number of nitrogens with one attached hydrogen (secondary N) is 1. The second-order valence-corrected chi connectivity index (χ2v) is 2.50. The molecule has 0 aliphatic heterocycles. The highest BCUT2D eigenvalue weighted by Crippen LogP contribution is 2.06. The molecule has 64 valence electrons. The van der Waals surface area contributed by atoms with E-state index in [1.807, 2.05) is 0 Å². The van der Waals surface area contributed by atoms with Gasteiger partial charge in [0, 0.05) is 0 Å². The number of carbonyl (C=O) groups is 1. The zero-order chi connectivity index (χ0) is 9.30. The highest BCUT2D eigenvalue weighted by atomic mass is 16.1. The van der Waals surface area contributed by atoms with Crippen molar-refractivity contribution >= 4 is 11.7 Å². The second kappa shape index (κ2) is 2.77. The third kappa shape index (κ3) is 1.20. The number of nitrogens with zero attached hydrogens (tertiary/aromatic N) is 2. The van der Waals surface area contributed by atoms with Gasteiger partial charge >= 0.3 is 0 Å². The van der Waals surface area contributed by atoms with E-state index < -0.39 is 0 Å². The molecule has 12 heavy (non-hydrogen) atoms. The maximum atomic E-state index is 10.9. The summed E-state index contributed by atoms with van der Waals surface area (Å²) in [4.78, 5) is 10.9. The molecule has 0 amide bonds. The van der Waals surface area contributed by atoms with Crippen LogP contribution < -0.4 is 5.73 Å². The molecule has 0 aromatic carbocycles. The van der Waals surface area contributed by atoms with Gasteiger partial charge in [0.25, 0.3) is 0 Å². The average Bonchev–Trinajstić information content (AvgIpc) is 2.30. The van der Waals surface area contributed by atoms with Crippen LogP contribution in [0.4, 0.5) is 0 Å². The van der Waals surface area contributed by atoms with Crippen LogP contribution in [0.5, 0.6) is 0 Å². The van der Waals surface area contributed by atoms with E-state index in [-0.39, 0.29) is 11.7 Å². The first kappa shape index (κ1) is 8.45. The van der Waals surface area contributed by atoms with Crippen LogP contribution in [0, 0.1) is 12.3 Å². The SMILES string of the molecule is CC(=O)c1cnn(C(=N)N)c1C. The van der Waals surface area contributed by atoms with Crippen LogP contribution in [0.1, 0.15) is 23.0 Å². The Hall–Kier alpha value is -1.65. The van der Waals surface area contributed by atoms with Crippen molar-refractivity contribution in [2.75, 3.05) is 0 Å². The molecule has 5 nitrogen and oxygen atoms in total. The van der Waals surface area contributed by atoms with Gasteiger partial charge in [0.05, 0.1) is 17.5 Å². The van der Waals surface area contributed by atoms with Gasteiger partial charge in [-0.05, 0) is 13.8 Å². The lowest BCUT2D eigenvalue weighted by molar-refractivity contribution is 0.101. The summed E-state index contributed by atoms with van der Waals surface area (Å²) >= 11 is 0. The van der Waals surface area contributed by atoms with E-state index in [9.17, 15) is 4.79 Å². The van der Waals surface area contributed by atoms with Crippen molar-refractivity contribution in [2.24, 2.45) is 5.73 Å². The van der Waals surface area contributed by atoms with Crippen molar-refractivity contribution in [3.8, 4) is 0 Å². The number of nitrogen functional groups attached to an aromatic ring is 1. The quantitative estimate of drug-likeness (QED) is 0.353. The van der Waals surface area contributed by atoms with E-state index in [1.54, 1.807) is 6.92 Å². The molecule has 0 aliphatic carbocycles. The molecule has 5 heteroatoms. The molecule has 0 atom stereocenters. The first-order valence-electron chi connectivity index (χ1n) is 3.44. The molecular weight excluding hydrogens is 156 g/mol. The van der Waals surface area contributed by atoms with Crippen molar-refractivity contribution in [2.45, 2.75) is 13.8 Å². The molecule has 0 saturated heterocycles. The Morgan fingerprint density at radius 1 is 1.75 bits per heavy atom. The Kier molecular flexibility index (Phi) is 1.95. The van der Waals surface area contributed by atoms with Gasteiger partial charge < -0.3 is 5.73 Å². The fourth-order valence-electron chi connectivity index (χ4n) is 0.998. The standard InChI is InChI=1S/C7H10N4O/c1-4-6(5(2)12)3-10-11(4)7(8)9/h3H,1-2H3,(H3,8,9). The van der Waals surface area contributed by atoms with Gasteiger partial charge in [-0.25, -0.2) is 4.68 Å². The van der Waals surface area contributed by atoms with Gasteiger partial charge in [0.15, 0.2) is 5.78 Å². The normalized spacial score (nSPS) is 9.83. The van der Waals surface area contributed by atoms with Crippen LogP contribution in [0.15, 0.2) is 6.20 Å². The lowest BCUT2D eigenvalue weighted by atomic mass is 10.2. The van der Waals surface area contributed by atoms with E-state index in [0.29, 0.717) is 11.3 Å². The number of carbonyl (C=O) groups excluding carboxylic acids is 1. The Morgan fingerprint density at radius 2 is 2.33 bits per heavy atom. The number of nitrogens with two attached hydrogens (primary N) is 1. The highest BCUT2D eigenvalue weighted by Gasteiger charge is 2.10. The van der Waals surface area contributed by atoms with E-state index in [4.69, 9.17) is 11.1 Å². The van der Waals surface area contributed by atoms with Crippen molar-refractivity contribution in [3.05, 3.63) is 17.5 Å². The number of hydrogen-bond acceptors (Lipinski definition) is 3. The number of ketones is 1. The summed E-state index contributed by atoms with van der Waals surface area (Å²) in [6, 6.07) is 0. The van der Waals surface area contributed by atoms with Gasteiger partial charge in [-0.15, -0.1) is 0 Å². The molecule has 0 aliphatic rings. The maximum Gasteiger partial charge on any atom is 0.213 e. The van der Waals surface area contributed by atoms with E-state index >= 15 is 0 Å². The molecule has 0 fully saturated rings. The number of hydrogen-bond donors (Lipinski definition) is 2. The third-order valence-corrected chi connectivity index (χ3v) is 1.62. The Labute approximate surface area is 69.7 Å². The number of rotatable bonds is 1. The lowest BCUT2D eigenvalue weighted by Gasteiger charge is -1.99. The molecule has 1 aromatic heterocycles. The van der Waals surface area contributed by atoms with Crippen molar-refractivity contribution < 1.29 is 4.79 Å². The second-order valence-electron chi connectivity index (χ2n) is 2.50. The summed E-state index contributed by atoms with van der Waals surface area (Å²) in [6.45, 7) is 3.15. The monoisotopic (exact) mass is 166 g/mol. The van der Waals surface area contributed by atoms with Crippen molar-refractivity contribution in [1.29, 1.82) is 5.41 Å². The first-order chi connectivity index (χ1) is 5.54. The Balaban J connectivity index is 3.22. The van der Waals surface area contributed by atoms with Gasteiger partial charge in [-0.3, -0.25) is 10.2 Å². The fourth-order valence-corrected chi connectivity index (χ4v) is 0.998. The first-order valence-corrected chi connectivity index (χ1v) is 3.44. The highest BCUT2D eigenvalue weighted by molar-refractivity contribution is 5.95. The summed E-state index contributed by atoms with van der Waals surface area (Å²) in [6.07, 6.45) is 1.42. The van der Waals surface area contributed by atoms with E-state index in [0.717, 1.165) is 0 Å². The number of aromatic nitrogens is 2. The minimum Gasteiger partial charge on any atom is -0.368 e. The van der Waals surface area contributed by atoms with E-state index in [2.05, 4.69) is 5.10 Å². The Bertz CT molecular complexity index is 308.